The fraction of sp³-hybridized carbons (Fsp3) is 0.611. The molecule has 1 aromatic carbocycles. The van der Waals surface area contributed by atoms with Gasteiger partial charge in [0.1, 0.15) is 11.9 Å². The second-order valence-electron chi connectivity index (χ2n) is 6.06. The number of likely N-dealkylation sites (N-methyl/N-ethyl adjacent to an activating group) is 1. The van der Waals surface area contributed by atoms with Crippen LogP contribution in [0, 0.1) is 5.82 Å². The highest BCUT2D eigenvalue weighted by Crippen LogP contribution is 2.17. The molecule has 0 amide bonds. The first kappa shape index (κ1) is 22.1. The first-order valence-electron chi connectivity index (χ1n) is 8.84. The molecule has 2 rings (SSSR count). The second-order valence-corrected chi connectivity index (χ2v) is 6.06. The monoisotopic (exact) mass is 464 g/mol. The Morgan fingerprint density at radius 2 is 2.12 bits per heavy atom. The molecular weight excluding hydrogens is 434 g/mol. The number of likely N-dealkylation sites (tertiary alicyclic amines) is 1. The van der Waals surface area contributed by atoms with Gasteiger partial charge in [0.2, 0.25) is 0 Å². The van der Waals surface area contributed by atoms with Crippen LogP contribution in [0.15, 0.2) is 29.3 Å². The van der Waals surface area contributed by atoms with E-state index in [2.05, 4.69) is 27.4 Å². The first-order chi connectivity index (χ1) is 11.7. The fourth-order valence-corrected chi connectivity index (χ4v) is 3.12. The maximum atomic E-state index is 13.7. The number of guanidine groups is 1. The van der Waals surface area contributed by atoms with Crippen molar-refractivity contribution in [2.24, 2.45) is 4.99 Å². The van der Waals surface area contributed by atoms with Crippen molar-refractivity contribution >= 4 is 29.9 Å². The molecule has 2 unspecified atom stereocenters. The van der Waals surface area contributed by atoms with Crippen LogP contribution in [-0.2, 0) is 0 Å². The van der Waals surface area contributed by atoms with Gasteiger partial charge in [0.25, 0.3) is 0 Å². The Morgan fingerprint density at radius 1 is 1.36 bits per heavy atom. The molecule has 1 fully saturated rings. The number of benzene rings is 1. The quantitative estimate of drug-likeness (QED) is 0.330. The molecule has 1 saturated heterocycles. The van der Waals surface area contributed by atoms with Gasteiger partial charge in [0.05, 0.1) is 6.54 Å². The SMILES string of the molecule is CCNC(=NCC(O)c1ccccc1F)NCC1CCCN1CC.I. The van der Waals surface area contributed by atoms with Crippen molar-refractivity contribution in [2.45, 2.75) is 38.8 Å². The first-order valence-corrected chi connectivity index (χ1v) is 8.84. The molecule has 1 aliphatic rings. The molecule has 1 aliphatic heterocycles. The zero-order chi connectivity index (χ0) is 17.4. The van der Waals surface area contributed by atoms with Crippen LogP contribution in [-0.4, -0.2) is 54.7 Å². The van der Waals surface area contributed by atoms with Crippen molar-refractivity contribution in [1.82, 2.24) is 15.5 Å². The van der Waals surface area contributed by atoms with Crippen LogP contribution in [0.25, 0.3) is 0 Å². The number of hydrogen-bond acceptors (Lipinski definition) is 3. The zero-order valence-corrected chi connectivity index (χ0v) is 17.4. The van der Waals surface area contributed by atoms with Crippen LogP contribution in [0.1, 0.15) is 38.4 Å². The molecule has 1 aromatic rings. The van der Waals surface area contributed by atoms with Gasteiger partial charge >= 0.3 is 0 Å². The molecule has 0 spiro atoms. The van der Waals surface area contributed by atoms with Crippen molar-refractivity contribution in [3.05, 3.63) is 35.6 Å². The van der Waals surface area contributed by atoms with Crippen LogP contribution in [0.5, 0.6) is 0 Å². The third-order valence-electron chi connectivity index (χ3n) is 4.44. The lowest BCUT2D eigenvalue weighted by Gasteiger charge is -2.24. The van der Waals surface area contributed by atoms with Crippen molar-refractivity contribution < 1.29 is 9.50 Å². The summed E-state index contributed by atoms with van der Waals surface area (Å²) in [7, 11) is 0. The Hall–Kier alpha value is -0.930. The van der Waals surface area contributed by atoms with Gasteiger partial charge in [-0.2, -0.15) is 0 Å². The molecule has 7 heteroatoms. The molecule has 3 N–H and O–H groups in total. The van der Waals surface area contributed by atoms with Gasteiger partial charge in [-0.05, 0) is 38.9 Å². The van der Waals surface area contributed by atoms with Crippen LogP contribution in [0.2, 0.25) is 0 Å². The summed E-state index contributed by atoms with van der Waals surface area (Å²) < 4.78 is 13.7. The van der Waals surface area contributed by atoms with E-state index in [9.17, 15) is 9.50 Å². The van der Waals surface area contributed by atoms with E-state index in [0.717, 1.165) is 26.2 Å². The van der Waals surface area contributed by atoms with Crippen LogP contribution in [0.3, 0.4) is 0 Å². The Kier molecular flexibility index (Phi) is 10.3. The minimum absolute atomic E-state index is 0. The normalized spacial score (nSPS) is 19.4. The maximum absolute atomic E-state index is 13.7. The largest absolute Gasteiger partial charge is 0.386 e. The topological polar surface area (TPSA) is 59.9 Å². The number of halogens is 2. The number of nitrogens with zero attached hydrogens (tertiary/aromatic N) is 2. The highest BCUT2D eigenvalue weighted by atomic mass is 127. The molecule has 1 heterocycles. The molecule has 2 atom stereocenters. The predicted octanol–water partition coefficient (Wildman–Crippen LogP) is 2.52. The third-order valence-corrected chi connectivity index (χ3v) is 4.44. The Labute approximate surface area is 167 Å². The summed E-state index contributed by atoms with van der Waals surface area (Å²) in [4.78, 5) is 6.86. The lowest BCUT2D eigenvalue weighted by Crippen LogP contribution is -2.45. The van der Waals surface area contributed by atoms with Crippen molar-refractivity contribution in [2.75, 3.05) is 32.7 Å². The second kappa shape index (κ2) is 11.6. The van der Waals surface area contributed by atoms with Gasteiger partial charge in [0, 0.05) is 24.7 Å². The van der Waals surface area contributed by atoms with E-state index in [1.807, 2.05) is 6.92 Å². The number of rotatable bonds is 7. The summed E-state index contributed by atoms with van der Waals surface area (Å²) in [5, 5.41) is 16.7. The molecule has 0 bridgehead atoms. The molecule has 25 heavy (non-hydrogen) atoms. The van der Waals surface area contributed by atoms with Crippen molar-refractivity contribution in [1.29, 1.82) is 0 Å². The number of aliphatic hydroxyl groups excluding tert-OH is 1. The van der Waals surface area contributed by atoms with E-state index in [0.29, 0.717) is 12.0 Å². The van der Waals surface area contributed by atoms with Gasteiger partial charge in [-0.1, -0.05) is 25.1 Å². The third kappa shape index (κ3) is 6.71. The Morgan fingerprint density at radius 3 is 2.80 bits per heavy atom. The number of hydrogen-bond donors (Lipinski definition) is 3. The average Bonchev–Trinajstić information content (AvgIpc) is 3.05. The minimum atomic E-state index is -0.944. The molecule has 0 radical (unpaired) electrons. The van der Waals surface area contributed by atoms with Crippen LogP contribution < -0.4 is 10.6 Å². The summed E-state index contributed by atoms with van der Waals surface area (Å²) in [6.45, 7) is 8.09. The Bertz CT molecular complexity index is 544. The zero-order valence-electron chi connectivity index (χ0n) is 15.0. The highest BCUT2D eigenvalue weighted by molar-refractivity contribution is 14.0. The van der Waals surface area contributed by atoms with Crippen molar-refractivity contribution in [3.63, 3.8) is 0 Å². The van der Waals surface area contributed by atoms with E-state index in [1.165, 1.54) is 18.9 Å². The summed E-state index contributed by atoms with van der Waals surface area (Å²) in [6.07, 6.45) is 1.48. The molecule has 0 aliphatic carbocycles. The summed E-state index contributed by atoms with van der Waals surface area (Å²) in [5.41, 5.74) is 0.282. The number of aliphatic hydroxyl groups is 1. The van der Waals surface area contributed by atoms with E-state index in [-0.39, 0.29) is 36.1 Å². The number of nitrogens with one attached hydrogen (secondary N) is 2. The van der Waals surface area contributed by atoms with Crippen LogP contribution >= 0.6 is 24.0 Å². The average molecular weight is 464 g/mol. The molecular formula is C18H30FIN4O. The van der Waals surface area contributed by atoms with Crippen LogP contribution in [0.4, 0.5) is 4.39 Å². The highest BCUT2D eigenvalue weighted by Gasteiger charge is 2.22. The standard InChI is InChI=1S/C18H29FN4O.HI/c1-3-20-18(21-12-14-8-7-11-23(14)4-2)22-13-17(24)15-9-5-6-10-16(15)19;/h5-6,9-10,14,17,24H,3-4,7-8,11-13H2,1-2H3,(H2,20,21,22);1H. The molecule has 0 saturated carbocycles. The molecule has 5 nitrogen and oxygen atoms in total. The fourth-order valence-electron chi connectivity index (χ4n) is 3.12. The van der Waals surface area contributed by atoms with Gasteiger partial charge < -0.3 is 15.7 Å². The lowest BCUT2D eigenvalue weighted by atomic mass is 10.1. The van der Waals surface area contributed by atoms with E-state index in [1.54, 1.807) is 18.2 Å². The van der Waals surface area contributed by atoms with Gasteiger partial charge in [-0.25, -0.2) is 4.39 Å². The van der Waals surface area contributed by atoms with E-state index < -0.39 is 11.9 Å². The summed E-state index contributed by atoms with van der Waals surface area (Å²) in [6, 6.07) is 6.80. The summed E-state index contributed by atoms with van der Waals surface area (Å²) in [5.74, 6) is 0.263. The number of aliphatic imine (C=N–C) groups is 1. The predicted molar refractivity (Wildman–Crippen MR) is 111 cm³/mol. The lowest BCUT2D eigenvalue weighted by molar-refractivity contribution is 0.182. The van der Waals surface area contributed by atoms with Gasteiger partial charge in [-0.15, -0.1) is 24.0 Å². The minimum Gasteiger partial charge on any atom is -0.386 e. The molecule has 142 valence electrons. The molecule has 0 aromatic heterocycles. The van der Waals surface area contributed by atoms with E-state index in [4.69, 9.17) is 0 Å². The smallest absolute Gasteiger partial charge is 0.191 e. The Balaban J connectivity index is 0.00000312. The summed E-state index contributed by atoms with van der Waals surface area (Å²) >= 11 is 0. The van der Waals surface area contributed by atoms with E-state index >= 15 is 0 Å². The maximum Gasteiger partial charge on any atom is 0.191 e. The van der Waals surface area contributed by atoms with Gasteiger partial charge in [0.15, 0.2) is 5.96 Å². The van der Waals surface area contributed by atoms with Gasteiger partial charge in [-0.3, -0.25) is 9.89 Å². The van der Waals surface area contributed by atoms with Crippen molar-refractivity contribution in [3.8, 4) is 0 Å².